The van der Waals surface area contributed by atoms with E-state index in [2.05, 4.69) is 0 Å². The fourth-order valence-corrected chi connectivity index (χ4v) is 7.88. The molecule has 3 heterocycles. The fourth-order valence-electron chi connectivity index (χ4n) is 5.65. The average Bonchev–Trinajstić information content (AvgIpc) is 3.90. The summed E-state index contributed by atoms with van der Waals surface area (Å²) in [5.41, 5.74) is 0. The number of Topliss-reactive ketones (excluding diaryl/α,β-unsaturated/α-hetero) is 1. The van der Waals surface area contributed by atoms with Gasteiger partial charge in [-0.25, -0.2) is 4.39 Å². The van der Waals surface area contributed by atoms with Crippen LogP contribution in [0.15, 0.2) is 30.3 Å². The van der Waals surface area contributed by atoms with Gasteiger partial charge in [-0.3, -0.25) is 9.59 Å². The van der Waals surface area contributed by atoms with Crippen LogP contribution in [0.2, 0.25) is 0 Å². The van der Waals surface area contributed by atoms with Gasteiger partial charge in [0.15, 0.2) is 40.9 Å². The number of ether oxygens (including phenoxy) is 5. The van der Waals surface area contributed by atoms with Crippen molar-refractivity contribution in [3.8, 4) is 23.0 Å². The number of carboxylic acid groups (broad SMARTS) is 1. The molecule has 10 nitrogen and oxygen atoms in total. The molecular weight excluding hydrogens is 639 g/mol. The number of aliphatic hydroxyl groups is 1. The van der Waals surface area contributed by atoms with Crippen molar-refractivity contribution in [1.82, 2.24) is 0 Å². The molecule has 1 saturated heterocycles. The molecule has 2 N–H and O–H groups in total. The highest BCUT2D eigenvalue weighted by Crippen LogP contribution is 2.51. The number of fused-ring (bicyclic) bond motifs is 2. The SMILES string of the molecule is COc1cc2sc(CC(C=O)[C@H](C)C(=O)O)cc2cc1OCCCOc1c(OC)cc2sc(C(=O)[C@@H]3C[C@H]3C3OC3O)cc2c1F. The highest BCUT2D eigenvalue weighted by Gasteiger charge is 2.57. The number of benzene rings is 2. The van der Waals surface area contributed by atoms with Crippen molar-refractivity contribution in [2.45, 2.75) is 38.6 Å². The van der Waals surface area contributed by atoms with Gasteiger partial charge < -0.3 is 38.7 Å². The van der Waals surface area contributed by atoms with Crippen LogP contribution in [-0.2, 0) is 20.7 Å². The number of ketones is 1. The van der Waals surface area contributed by atoms with Gasteiger partial charge in [0, 0.05) is 56.0 Å². The molecule has 6 atom stereocenters. The molecule has 2 aromatic heterocycles. The van der Waals surface area contributed by atoms with Crippen LogP contribution < -0.4 is 18.9 Å². The Balaban J connectivity index is 1.08. The Morgan fingerprint density at radius 3 is 2.43 bits per heavy atom. The summed E-state index contributed by atoms with van der Waals surface area (Å²) < 4.78 is 44.9. The van der Waals surface area contributed by atoms with E-state index in [0.717, 1.165) is 15.0 Å². The van der Waals surface area contributed by atoms with E-state index < -0.39 is 29.9 Å². The predicted octanol–water partition coefficient (Wildman–Crippen LogP) is 5.73. The molecule has 1 aliphatic heterocycles. The third kappa shape index (κ3) is 6.41. The summed E-state index contributed by atoms with van der Waals surface area (Å²) in [7, 11) is 2.96. The molecule has 46 heavy (non-hydrogen) atoms. The maximum Gasteiger partial charge on any atom is 0.306 e. The molecule has 1 aliphatic carbocycles. The highest BCUT2D eigenvalue weighted by molar-refractivity contribution is 7.21. The first-order valence-electron chi connectivity index (χ1n) is 14.8. The minimum atomic E-state index is -1.01. The molecule has 2 aliphatic rings. The molecule has 244 valence electrons. The Kier molecular flexibility index (Phi) is 9.19. The second-order valence-corrected chi connectivity index (χ2v) is 13.8. The summed E-state index contributed by atoms with van der Waals surface area (Å²) in [6, 6.07) is 8.81. The van der Waals surface area contributed by atoms with Gasteiger partial charge in [0.1, 0.15) is 12.4 Å². The summed E-state index contributed by atoms with van der Waals surface area (Å²) in [4.78, 5) is 37.2. The number of aldehydes is 1. The topological polar surface area (TPSA) is 141 Å². The second kappa shape index (κ2) is 13.1. The number of carbonyl (C=O) groups excluding carboxylic acids is 2. The van der Waals surface area contributed by atoms with E-state index in [1.807, 2.05) is 18.2 Å². The van der Waals surface area contributed by atoms with Crippen LogP contribution in [0.1, 0.15) is 34.3 Å². The zero-order chi connectivity index (χ0) is 32.7. The van der Waals surface area contributed by atoms with Gasteiger partial charge in [-0.1, -0.05) is 6.92 Å². The zero-order valence-electron chi connectivity index (χ0n) is 25.3. The largest absolute Gasteiger partial charge is 0.493 e. The number of methoxy groups -OCH3 is 2. The highest BCUT2D eigenvalue weighted by atomic mass is 32.1. The monoisotopic (exact) mass is 672 g/mol. The number of halogens is 1. The summed E-state index contributed by atoms with van der Waals surface area (Å²) in [6.45, 7) is 1.90. The third-order valence-electron chi connectivity index (χ3n) is 8.53. The molecule has 0 radical (unpaired) electrons. The van der Waals surface area contributed by atoms with Crippen LogP contribution in [0.5, 0.6) is 23.0 Å². The standard InChI is InChI=1S/C33H33FO10S2/c1-15(32(37)38)17(14-35)8-18-7-16-9-23(22(40-2)12-25(16)45-18)42-5-4-6-43-31-24(41-3)13-26-21(28(31)34)11-27(46-26)29(36)19-10-20(19)30-33(39)44-30/h7,9,11-15,17,19-20,30,33,39H,4-6,8,10H2,1-3H3,(H,37,38)/t15-,17?,19+,20+,30?,33?/m0/s1. The van der Waals surface area contributed by atoms with Crippen LogP contribution in [0.4, 0.5) is 4.39 Å². The minimum absolute atomic E-state index is 0.00772. The van der Waals surface area contributed by atoms with Crippen LogP contribution >= 0.6 is 22.7 Å². The lowest BCUT2D eigenvalue weighted by molar-refractivity contribution is -0.144. The Morgan fingerprint density at radius 1 is 1.04 bits per heavy atom. The Hall–Kier alpha value is -3.78. The Morgan fingerprint density at radius 2 is 1.76 bits per heavy atom. The zero-order valence-corrected chi connectivity index (χ0v) is 27.0. The summed E-state index contributed by atoms with van der Waals surface area (Å²) in [5.74, 6) is -2.12. The third-order valence-corrected chi connectivity index (χ3v) is 10.8. The van der Waals surface area contributed by atoms with Gasteiger partial charge in [-0.2, -0.15) is 0 Å². The number of rotatable bonds is 16. The predicted molar refractivity (Wildman–Crippen MR) is 169 cm³/mol. The van der Waals surface area contributed by atoms with E-state index in [-0.39, 0.29) is 53.8 Å². The first-order chi connectivity index (χ1) is 22.1. The fraction of sp³-hybridized carbons (Fsp3) is 0.424. The summed E-state index contributed by atoms with van der Waals surface area (Å²) in [5, 5.41) is 19.9. The normalized spacial score (nSPS) is 21.5. The quantitative estimate of drug-likeness (QED) is 0.0656. The number of hydrogen-bond donors (Lipinski definition) is 2. The summed E-state index contributed by atoms with van der Waals surface area (Å²) >= 11 is 2.67. The molecule has 0 bridgehead atoms. The van der Waals surface area contributed by atoms with Crippen molar-refractivity contribution in [2.24, 2.45) is 23.7 Å². The first kappa shape index (κ1) is 32.2. The van der Waals surface area contributed by atoms with Crippen molar-refractivity contribution < 1.29 is 52.7 Å². The van der Waals surface area contributed by atoms with Crippen LogP contribution in [0.3, 0.4) is 0 Å². The molecule has 0 spiro atoms. The Labute approximate surface area is 271 Å². The van der Waals surface area contributed by atoms with Crippen molar-refractivity contribution in [1.29, 1.82) is 0 Å². The molecule has 4 aromatic rings. The van der Waals surface area contributed by atoms with Crippen LogP contribution in [0, 0.1) is 29.5 Å². The Bertz CT molecular complexity index is 1800. The van der Waals surface area contributed by atoms with Crippen molar-refractivity contribution in [3.05, 3.63) is 45.9 Å². The molecule has 2 aromatic carbocycles. The van der Waals surface area contributed by atoms with E-state index in [9.17, 15) is 24.6 Å². The molecule has 0 amide bonds. The number of thiophene rings is 2. The number of hydrogen-bond acceptors (Lipinski definition) is 11. The molecule has 13 heteroatoms. The number of epoxide rings is 1. The lowest BCUT2D eigenvalue weighted by Gasteiger charge is -2.13. The molecule has 6 rings (SSSR count). The van der Waals surface area contributed by atoms with E-state index >= 15 is 4.39 Å². The number of aliphatic hydroxyl groups excluding tert-OH is 1. The van der Waals surface area contributed by atoms with Crippen molar-refractivity contribution >= 4 is 60.9 Å². The number of carboxylic acids is 1. The lowest BCUT2D eigenvalue weighted by Crippen LogP contribution is -2.23. The van der Waals surface area contributed by atoms with E-state index in [4.69, 9.17) is 23.7 Å². The van der Waals surface area contributed by atoms with Crippen molar-refractivity contribution in [3.63, 3.8) is 0 Å². The molecule has 2 fully saturated rings. The van der Waals surface area contributed by atoms with E-state index in [1.165, 1.54) is 43.8 Å². The van der Waals surface area contributed by atoms with Gasteiger partial charge in [0.05, 0.1) is 38.2 Å². The number of carbonyl (C=O) groups is 3. The van der Waals surface area contributed by atoms with Gasteiger partial charge in [0.25, 0.3) is 0 Å². The second-order valence-electron chi connectivity index (χ2n) is 11.5. The number of aliphatic carboxylic acids is 1. The van der Waals surface area contributed by atoms with E-state index in [1.54, 1.807) is 12.1 Å². The maximum atomic E-state index is 15.6. The van der Waals surface area contributed by atoms with Gasteiger partial charge in [-0.05, 0) is 36.4 Å². The average molecular weight is 673 g/mol. The van der Waals surface area contributed by atoms with Crippen molar-refractivity contribution in [2.75, 3.05) is 27.4 Å². The smallest absolute Gasteiger partial charge is 0.306 e. The van der Waals surface area contributed by atoms with Gasteiger partial charge >= 0.3 is 5.97 Å². The van der Waals surface area contributed by atoms with Crippen LogP contribution in [0.25, 0.3) is 20.2 Å². The van der Waals surface area contributed by atoms with Gasteiger partial charge in [-0.15, -0.1) is 22.7 Å². The molecule has 3 unspecified atom stereocenters. The lowest BCUT2D eigenvalue weighted by atomic mass is 9.92. The van der Waals surface area contributed by atoms with Crippen LogP contribution in [-0.4, -0.2) is 68.1 Å². The maximum absolute atomic E-state index is 15.6. The molecule has 1 saturated carbocycles. The van der Waals surface area contributed by atoms with E-state index in [0.29, 0.717) is 46.6 Å². The molecular formula is C33H33FO10S2. The summed E-state index contributed by atoms with van der Waals surface area (Å²) in [6.07, 6.45) is 1.02. The van der Waals surface area contributed by atoms with Gasteiger partial charge in [0.2, 0.25) is 0 Å². The first-order valence-corrected chi connectivity index (χ1v) is 16.5. The minimum Gasteiger partial charge on any atom is -0.493 e.